The Morgan fingerprint density at radius 2 is 1.85 bits per heavy atom. The lowest BCUT2D eigenvalue weighted by atomic mass is 10.1. The maximum Gasteiger partial charge on any atom is 0.303 e. The fraction of sp³-hybridized carbons (Fsp3) is 0.263. The summed E-state index contributed by atoms with van der Waals surface area (Å²) in [5.41, 5.74) is 2.05. The smallest absolute Gasteiger partial charge is 0.303 e. The zero-order valence-electron chi connectivity index (χ0n) is 14.4. The Morgan fingerprint density at radius 1 is 1.12 bits per heavy atom. The molecule has 0 spiro atoms. The van der Waals surface area contributed by atoms with Gasteiger partial charge in [0.05, 0.1) is 19.0 Å². The number of thioether (sulfide) groups is 1. The molecule has 0 aromatic heterocycles. The van der Waals surface area contributed by atoms with E-state index in [4.69, 9.17) is 15.3 Å². The Kier molecular flexibility index (Phi) is 5.80. The fourth-order valence-electron chi connectivity index (χ4n) is 2.73. The number of carbonyl (C=O) groups is 2. The number of nitrogens with two attached hydrogens (primary N) is 1. The van der Waals surface area contributed by atoms with Crippen LogP contribution in [0.15, 0.2) is 48.5 Å². The zero-order chi connectivity index (χ0) is 18.5. The highest BCUT2D eigenvalue weighted by Crippen LogP contribution is 2.28. The third-order valence-corrected chi connectivity index (χ3v) is 5.18. The Labute approximate surface area is 156 Å². The van der Waals surface area contributed by atoms with Crippen LogP contribution >= 0.6 is 11.8 Å². The second-order valence-corrected chi connectivity index (χ2v) is 6.99. The van der Waals surface area contributed by atoms with E-state index in [-0.39, 0.29) is 5.91 Å². The molecule has 0 aliphatic carbocycles. The minimum absolute atomic E-state index is 0.350. The number of nitrogens with zero attached hydrogens (tertiary/aromatic N) is 1. The Morgan fingerprint density at radius 3 is 2.50 bits per heavy atom. The molecule has 2 aromatic rings. The van der Waals surface area contributed by atoms with Crippen LogP contribution in [0.1, 0.15) is 11.1 Å². The number of ether oxygens (including phenoxy) is 2. The van der Waals surface area contributed by atoms with Crippen LogP contribution in [0.4, 0.5) is 4.79 Å². The van der Waals surface area contributed by atoms with Gasteiger partial charge in [-0.15, -0.1) is 0 Å². The van der Waals surface area contributed by atoms with Crippen molar-refractivity contribution in [2.24, 2.45) is 5.84 Å². The molecule has 2 aromatic carbocycles. The standard InChI is InChI=1S/C19H20N2O4S/c1-24-16-5-3-2-4-14(16)10-11-25-15-8-6-13(7-9-15)12-17-18(22)21(20)19(23)26-17/h2-9,17H,10-12,20H2,1H3. The molecule has 1 aliphatic heterocycles. The molecule has 0 bridgehead atoms. The van der Waals surface area contributed by atoms with Gasteiger partial charge in [-0.05, 0) is 47.5 Å². The topological polar surface area (TPSA) is 81.9 Å². The molecule has 1 saturated heterocycles. The Hall–Kier alpha value is -2.51. The van der Waals surface area contributed by atoms with Crippen molar-refractivity contribution in [1.82, 2.24) is 5.01 Å². The number of carbonyl (C=O) groups excluding carboxylic acids is 2. The molecule has 0 saturated carbocycles. The van der Waals surface area contributed by atoms with E-state index >= 15 is 0 Å². The van der Waals surface area contributed by atoms with Crippen molar-refractivity contribution in [2.45, 2.75) is 18.1 Å². The van der Waals surface area contributed by atoms with Crippen molar-refractivity contribution in [3.63, 3.8) is 0 Å². The molecule has 26 heavy (non-hydrogen) atoms. The zero-order valence-corrected chi connectivity index (χ0v) is 15.2. The summed E-state index contributed by atoms with van der Waals surface area (Å²) in [5, 5.41) is -0.175. The number of benzene rings is 2. The van der Waals surface area contributed by atoms with E-state index < -0.39 is 10.5 Å². The summed E-state index contributed by atoms with van der Waals surface area (Å²) in [5.74, 6) is 6.66. The number of para-hydroxylation sites is 1. The first kappa shape index (κ1) is 18.3. The number of imide groups is 1. The van der Waals surface area contributed by atoms with Gasteiger partial charge in [-0.25, -0.2) is 10.9 Å². The van der Waals surface area contributed by atoms with Crippen LogP contribution in [-0.4, -0.2) is 35.1 Å². The Balaban J connectivity index is 1.52. The second-order valence-electron chi connectivity index (χ2n) is 5.84. The van der Waals surface area contributed by atoms with Crippen LogP contribution in [0.25, 0.3) is 0 Å². The number of rotatable bonds is 7. The summed E-state index contributed by atoms with van der Waals surface area (Å²) in [6.45, 7) is 0.535. The first-order chi connectivity index (χ1) is 12.6. The number of hydrogen-bond acceptors (Lipinski definition) is 6. The van der Waals surface area contributed by atoms with Gasteiger partial charge in [0, 0.05) is 6.42 Å². The fourth-order valence-corrected chi connectivity index (χ4v) is 3.66. The minimum Gasteiger partial charge on any atom is -0.496 e. The lowest BCUT2D eigenvalue weighted by Gasteiger charge is -2.11. The molecule has 1 fully saturated rings. The molecule has 1 unspecified atom stereocenters. The third kappa shape index (κ3) is 4.17. The van der Waals surface area contributed by atoms with Gasteiger partial charge < -0.3 is 9.47 Å². The predicted octanol–water partition coefficient (Wildman–Crippen LogP) is 2.80. The van der Waals surface area contributed by atoms with Gasteiger partial charge in [-0.2, -0.15) is 0 Å². The summed E-state index contributed by atoms with van der Waals surface area (Å²) in [7, 11) is 1.66. The van der Waals surface area contributed by atoms with Gasteiger partial charge in [-0.1, -0.05) is 30.3 Å². The van der Waals surface area contributed by atoms with Gasteiger partial charge in [0.2, 0.25) is 0 Å². The van der Waals surface area contributed by atoms with Crippen molar-refractivity contribution in [2.75, 3.05) is 13.7 Å². The molecule has 1 heterocycles. The van der Waals surface area contributed by atoms with Crippen LogP contribution in [0.5, 0.6) is 11.5 Å². The SMILES string of the molecule is COc1ccccc1CCOc1ccc(CC2SC(=O)N(N)C2=O)cc1. The largest absolute Gasteiger partial charge is 0.496 e. The summed E-state index contributed by atoms with van der Waals surface area (Å²) in [6, 6.07) is 15.4. The van der Waals surface area contributed by atoms with Crippen LogP contribution in [0, 0.1) is 0 Å². The lowest BCUT2D eigenvalue weighted by molar-refractivity contribution is -0.126. The maximum atomic E-state index is 11.8. The Bertz CT molecular complexity index is 794. The van der Waals surface area contributed by atoms with Gasteiger partial charge in [0.15, 0.2) is 0 Å². The predicted molar refractivity (Wildman–Crippen MR) is 100 cm³/mol. The number of hydrogen-bond donors (Lipinski definition) is 1. The lowest BCUT2D eigenvalue weighted by Crippen LogP contribution is -2.37. The minimum atomic E-state index is -0.454. The molecule has 2 N–H and O–H groups in total. The average molecular weight is 372 g/mol. The first-order valence-corrected chi connectivity index (χ1v) is 9.09. The van der Waals surface area contributed by atoms with Crippen molar-refractivity contribution < 1.29 is 19.1 Å². The number of amides is 2. The van der Waals surface area contributed by atoms with Crippen molar-refractivity contribution >= 4 is 22.9 Å². The highest BCUT2D eigenvalue weighted by molar-refractivity contribution is 8.15. The quantitative estimate of drug-likeness (QED) is 0.594. The van der Waals surface area contributed by atoms with Crippen molar-refractivity contribution in [1.29, 1.82) is 0 Å². The van der Waals surface area contributed by atoms with E-state index in [0.29, 0.717) is 18.0 Å². The normalized spacial score (nSPS) is 16.8. The van der Waals surface area contributed by atoms with Gasteiger partial charge in [0.25, 0.3) is 5.91 Å². The van der Waals surface area contributed by atoms with Crippen LogP contribution in [-0.2, 0) is 17.6 Å². The number of hydrazine groups is 1. The number of methoxy groups -OCH3 is 1. The van der Waals surface area contributed by atoms with Crippen LogP contribution < -0.4 is 15.3 Å². The highest BCUT2D eigenvalue weighted by atomic mass is 32.2. The van der Waals surface area contributed by atoms with E-state index in [1.54, 1.807) is 7.11 Å². The summed E-state index contributed by atoms with van der Waals surface area (Å²) < 4.78 is 11.1. The van der Waals surface area contributed by atoms with Crippen molar-refractivity contribution in [3.8, 4) is 11.5 Å². The van der Waals surface area contributed by atoms with Gasteiger partial charge in [0.1, 0.15) is 11.5 Å². The molecule has 2 amide bonds. The van der Waals surface area contributed by atoms with Gasteiger partial charge in [-0.3, -0.25) is 9.59 Å². The third-order valence-electron chi connectivity index (χ3n) is 4.13. The summed E-state index contributed by atoms with van der Waals surface area (Å²) >= 11 is 0.965. The molecular weight excluding hydrogens is 352 g/mol. The monoisotopic (exact) mass is 372 g/mol. The maximum absolute atomic E-state index is 11.8. The highest BCUT2D eigenvalue weighted by Gasteiger charge is 2.37. The van der Waals surface area contributed by atoms with E-state index in [2.05, 4.69) is 0 Å². The molecule has 1 atom stereocenters. The molecule has 1 aliphatic rings. The van der Waals surface area contributed by atoms with E-state index in [9.17, 15) is 9.59 Å². The average Bonchev–Trinajstić information content (AvgIpc) is 2.90. The molecule has 3 rings (SSSR count). The van der Waals surface area contributed by atoms with E-state index in [0.717, 1.165) is 40.8 Å². The van der Waals surface area contributed by atoms with Crippen molar-refractivity contribution in [3.05, 3.63) is 59.7 Å². The molecule has 7 heteroatoms. The van der Waals surface area contributed by atoms with E-state index in [1.165, 1.54) is 0 Å². The van der Waals surface area contributed by atoms with Crippen LogP contribution in [0.3, 0.4) is 0 Å². The molecular formula is C19H20N2O4S. The molecule has 0 radical (unpaired) electrons. The first-order valence-electron chi connectivity index (χ1n) is 8.21. The molecule has 6 nitrogen and oxygen atoms in total. The summed E-state index contributed by atoms with van der Waals surface area (Å²) in [4.78, 5) is 23.3. The second kappa shape index (κ2) is 8.25. The van der Waals surface area contributed by atoms with Gasteiger partial charge >= 0.3 is 5.24 Å². The summed E-state index contributed by atoms with van der Waals surface area (Å²) in [6.07, 6.45) is 1.21. The molecule has 136 valence electrons. The van der Waals surface area contributed by atoms with Crippen LogP contribution in [0.2, 0.25) is 0 Å². The van der Waals surface area contributed by atoms with E-state index in [1.807, 2.05) is 48.5 Å².